The zero-order valence-electron chi connectivity index (χ0n) is 16.9. The number of nitrogens with zero attached hydrogens (tertiary/aromatic N) is 2. The second kappa shape index (κ2) is 7.30. The maximum absolute atomic E-state index is 11.7. The molecule has 0 unspecified atom stereocenters. The van der Waals surface area contributed by atoms with Crippen molar-refractivity contribution >= 4 is 22.6 Å². The summed E-state index contributed by atoms with van der Waals surface area (Å²) in [4.78, 5) is 13.9. The van der Waals surface area contributed by atoms with E-state index in [9.17, 15) is 4.79 Å². The molecule has 0 aliphatic carbocycles. The molecule has 2 aromatic carbocycles. The molecule has 1 saturated heterocycles. The van der Waals surface area contributed by atoms with E-state index in [2.05, 4.69) is 67.2 Å². The molecule has 0 N–H and O–H groups in total. The predicted molar refractivity (Wildman–Crippen MR) is 111 cm³/mol. The summed E-state index contributed by atoms with van der Waals surface area (Å²) in [5.41, 5.74) is 6.49. The van der Waals surface area contributed by atoms with Crippen LogP contribution in [0.15, 0.2) is 40.9 Å². The smallest absolute Gasteiger partial charge is 0.312 e. The molecule has 0 atom stereocenters. The number of aryl methyl sites for hydroxylation is 1. The molecule has 2 heterocycles. The van der Waals surface area contributed by atoms with Gasteiger partial charge in [0.15, 0.2) is 5.58 Å². The van der Waals surface area contributed by atoms with E-state index in [0.29, 0.717) is 19.0 Å². The van der Waals surface area contributed by atoms with E-state index in [0.717, 1.165) is 39.9 Å². The summed E-state index contributed by atoms with van der Waals surface area (Å²) in [5.74, 6) is 0.239. The number of carbonyl (C=O) groups excluding carboxylic acids is 1. The summed E-state index contributed by atoms with van der Waals surface area (Å²) in [5, 5.41) is 5.38. The lowest BCUT2D eigenvalue weighted by atomic mass is 9.92. The van der Waals surface area contributed by atoms with Crippen LogP contribution in [0.25, 0.3) is 22.1 Å². The lowest BCUT2D eigenvalue weighted by Gasteiger charge is -2.39. The normalized spacial score (nSPS) is 14.5. The third kappa shape index (κ3) is 3.15. The molecular formula is C23H26N2O3. The summed E-state index contributed by atoms with van der Waals surface area (Å²) in [6, 6.07) is 12.9. The van der Waals surface area contributed by atoms with Gasteiger partial charge in [-0.3, -0.25) is 4.79 Å². The molecule has 1 fully saturated rings. The minimum atomic E-state index is -0.129. The van der Waals surface area contributed by atoms with E-state index in [-0.39, 0.29) is 11.9 Å². The van der Waals surface area contributed by atoms with Crippen molar-refractivity contribution in [2.75, 3.05) is 25.1 Å². The Balaban J connectivity index is 1.74. The first-order valence-electron chi connectivity index (χ1n) is 9.87. The van der Waals surface area contributed by atoms with E-state index in [1.165, 1.54) is 12.7 Å². The van der Waals surface area contributed by atoms with Crippen LogP contribution in [-0.2, 0) is 16.0 Å². The highest BCUT2D eigenvalue weighted by Gasteiger charge is 2.33. The Morgan fingerprint density at radius 2 is 2.07 bits per heavy atom. The number of hydrogen-bond acceptors (Lipinski definition) is 5. The summed E-state index contributed by atoms with van der Waals surface area (Å²) in [6.45, 7) is 7.87. The molecule has 1 aromatic heterocycles. The zero-order chi connectivity index (χ0) is 19.8. The molecule has 0 saturated carbocycles. The maximum Gasteiger partial charge on any atom is 0.312 e. The second-order valence-corrected chi connectivity index (χ2v) is 7.75. The van der Waals surface area contributed by atoms with Gasteiger partial charge in [0.05, 0.1) is 24.1 Å². The molecule has 1 aliphatic heterocycles. The van der Waals surface area contributed by atoms with Gasteiger partial charge >= 0.3 is 5.97 Å². The number of anilines is 1. The van der Waals surface area contributed by atoms with Crippen molar-refractivity contribution in [3.63, 3.8) is 0 Å². The van der Waals surface area contributed by atoms with Crippen LogP contribution in [0.2, 0.25) is 0 Å². The molecule has 5 heteroatoms. The first kappa shape index (κ1) is 18.5. The van der Waals surface area contributed by atoms with E-state index < -0.39 is 0 Å². The monoisotopic (exact) mass is 378 g/mol. The molecule has 4 rings (SSSR count). The quantitative estimate of drug-likeness (QED) is 0.598. The summed E-state index contributed by atoms with van der Waals surface area (Å²) < 4.78 is 10.5. The number of fused-ring (bicyclic) bond motifs is 1. The topological polar surface area (TPSA) is 55.6 Å². The molecule has 146 valence electrons. The van der Waals surface area contributed by atoms with Crippen LogP contribution in [0.4, 0.5) is 5.69 Å². The SMILES string of the molecule is CCc1noc2cc(C(C)C)cc(-c3cccc(N4CC(C(=O)OC)C4)c3)c12. The molecule has 28 heavy (non-hydrogen) atoms. The number of rotatable bonds is 5. The number of benzene rings is 2. The third-order valence-corrected chi connectivity index (χ3v) is 5.61. The largest absolute Gasteiger partial charge is 0.469 e. The van der Waals surface area contributed by atoms with Crippen molar-refractivity contribution in [1.29, 1.82) is 0 Å². The van der Waals surface area contributed by atoms with Gasteiger partial charge in [0, 0.05) is 18.8 Å². The summed E-state index contributed by atoms with van der Waals surface area (Å²) in [7, 11) is 1.45. The average molecular weight is 378 g/mol. The van der Waals surface area contributed by atoms with Gasteiger partial charge in [-0.05, 0) is 53.3 Å². The Hall–Kier alpha value is -2.82. The Morgan fingerprint density at radius 1 is 1.29 bits per heavy atom. The van der Waals surface area contributed by atoms with Gasteiger partial charge in [-0.15, -0.1) is 0 Å². The highest BCUT2D eigenvalue weighted by Crippen LogP contribution is 2.37. The maximum atomic E-state index is 11.7. The minimum absolute atomic E-state index is 0.0330. The number of hydrogen-bond donors (Lipinski definition) is 0. The van der Waals surface area contributed by atoms with E-state index in [4.69, 9.17) is 9.26 Å². The third-order valence-electron chi connectivity index (χ3n) is 5.61. The Morgan fingerprint density at radius 3 is 2.75 bits per heavy atom. The van der Waals surface area contributed by atoms with Crippen LogP contribution in [0.3, 0.4) is 0 Å². The van der Waals surface area contributed by atoms with Gasteiger partial charge in [0.25, 0.3) is 0 Å². The highest BCUT2D eigenvalue weighted by atomic mass is 16.5. The molecule has 0 bridgehead atoms. The summed E-state index contributed by atoms with van der Waals surface area (Å²) in [6.07, 6.45) is 0.827. The van der Waals surface area contributed by atoms with E-state index in [1.807, 2.05) is 0 Å². The fourth-order valence-corrected chi connectivity index (χ4v) is 3.83. The van der Waals surface area contributed by atoms with E-state index in [1.54, 1.807) is 0 Å². The van der Waals surface area contributed by atoms with Gasteiger partial charge in [0.2, 0.25) is 0 Å². The highest BCUT2D eigenvalue weighted by molar-refractivity contribution is 5.97. The van der Waals surface area contributed by atoms with Gasteiger partial charge < -0.3 is 14.2 Å². The van der Waals surface area contributed by atoms with Crippen LogP contribution in [0, 0.1) is 5.92 Å². The first-order valence-corrected chi connectivity index (χ1v) is 9.87. The lowest BCUT2D eigenvalue weighted by molar-refractivity contribution is -0.146. The average Bonchev–Trinajstić information content (AvgIpc) is 3.09. The van der Waals surface area contributed by atoms with Gasteiger partial charge in [0.1, 0.15) is 0 Å². The number of ether oxygens (including phenoxy) is 1. The molecule has 0 amide bonds. The molecule has 3 aromatic rings. The van der Waals surface area contributed by atoms with Crippen molar-refractivity contribution in [1.82, 2.24) is 5.16 Å². The standard InChI is InChI=1S/C23H26N2O3/c1-5-20-22-19(10-16(14(2)3)11-21(22)28-24-20)15-7-6-8-18(9-15)25-12-17(13-25)23(26)27-4/h6-11,14,17H,5,12-13H2,1-4H3. The molecule has 0 radical (unpaired) electrons. The number of aromatic nitrogens is 1. The second-order valence-electron chi connectivity index (χ2n) is 7.75. The van der Waals surface area contributed by atoms with Gasteiger partial charge in [-0.2, -0.15) is 0 Å². The van der Waals surface area contributed by atoms with Crippen molar-refractivity contribution in [2.24, 2.45) is 5.92 Å². The van der Waals surface area contributed by atoms with E-state index >= 15 is 0 Å². The fourth-order valence-electron chi connectivity index (χ4n) is 3.83. The fraction of sp³-hybridized carbons (Fsp3) is 0.391. The van der Waals surface area contributed by atoms with Crippen molar-refractivity contribution < 1.29 is 14.1 Å². The Labute approximate surface area is 165 Å². The lowest BCUT2D eigenvalue weighted by Crippen LogP contribution is -2.50. The molecule has 0 spiro atoms. The number of esters is 1. The van der Waals surface area contributed by atoms with Crippen LogP contribution in [0.5, 0.6) is 0 Å². The minimum Gasteiger partial charge on any atom is -0.469 e. The Bertz CT molecular complexity index is 1020. The first-order chi connectivity index (χ1) is 13.5. The van der Waals surface area contributed by atoms with Gasteiger partial charge in [-0.1, -0.05) is 38.1 Å². The molecular weight excluding hydrogens is 352 g/mol. The van der Waals surface area contributed by atoms with Crippen molar-refractivity contribution in [2.45, 2.75) is 33.1 Å². The van der Waals surface area contributed by atoms with Crippen LogP contribution in [-0.4, -0.2) is 31.3 Å². The van der Waals surface area contributed by atoms with Crippen LogP contribution in [0.1, 0.15) is 37.9 Å². The van der Waals surface area contributed by atoms with Gasteiger partial charge in [-0.25, -0.2) is 0 Å². The Kier molecular flexibility index (Phi) is 4.84. The van der Waals surface area contributed by atoms with Crippen molar-refractivity contribution in [3.05, 3.63) is 47.7 Å². The van der Waals surface area contributed by atoms with Crippen molar-refractivity contribution in [3.8, 4) is 11.1 Å². The number of carbonyl (C=O) groups is 1. The summed E-state index contributed by atoms with van der Waals surface area (Å²) >= 11 is 0. The zero-order valence-corrected chi connectivity index (χ0v) is 16.9. The van der Waals surface area contributed by atoms with Crippen LogP contribution < -0.4 is 4.90 Å². The molecule has 5 nitrogen and oxygen atoms in total. The predicted octanol–water partition coefficient (Wildman–Crippen LogP) is 4.79. The molecule has 1 aliphatic rings. The number of methoxy groups -OCH3 is 1. The van der Waals surface area contributed by atoms with Crippen LogP contribution >= 0.6 is 0 Å².